The first kappa shape index (κ1) is 14.7. The summed E-state index contributed by atoms with van der Waals surface area (Å²) >= 11 is 5.76. The van der Waals surface area contributed by atoms with Crippen molar-refractivity contribution in [2.45, 2.75) is 6.42 Å². The fourth-order valence-electron chi connectivity index (χ4n) is 1.03. The van der Waals surface area contributed by atoms with E-state index in [0.717, 1.165) is 4.31 Å². The number of hydrogen-bond donors (Lipinski definition) is 2. The van der Waals surface area contributed by atoms with Gasteiger partial charge < -0.3 is 5.11 Å². The maximum atomic E-state index is 11.8. The van der Waals surface area contributed by atoms with E-state index < -0.39 is 16.2 Å². The molecule has 0 fully saturated rings. The maximum Gasteiger partial charge on any atom is 0.304 e. The lowest BCUT2D eigenvalue weighted by Gasteiger charge is -2.17. The van der Waals surface area contributed by atoms with Crippen LogP contribution in [0.3, 0.4) is 0 Å². The first-order valence-corrected chi connectivity index (χ1v) is 6.71. The molecule has 0 aliphatic heterocycles. The summed E-state index contributed by atoms with van der Waals surface area (Å²) in [6, 6.07) is 3.05. The Hall–Kier alpha value is -1.38. The normalized spacial score (nSPS) is 11.5. The van der Waals surface area contributed by atoms with Crippen molar-refractivity contribution in [3.63, 3.8) is 0 Å². The van der Waals surface area contributed by atoms with Gasteiger partial charge in [-0.15, -0.1) is 0 Å². The molecule has 0 radical (unpaired) electrons. The molecule has 0 amide bonds. The van der Waals surface area contributed by atoms with E-state index in [4.69, 9.17) is 16.7 Å². The predicted molar refractivity (Wildman–Crippen MR) is 66.7 cm³/mol. The standard InChI is InChI=1S/C9H12ClN3O4S/c1-13(6-4-8(14)15)18(16,17)12-9-7(10)3-2-5-11-9/h2-3,5H,4,6H2,1H3,(H,11,12)(H,14,15). The number of halogens is 1. The van der Waals surface area contributed by atoms with Crippen LogP contribution in [0.1, 0.15) is 6.42 Å². The molecule has 1 aromatic heterocycles. The molecule has 7 nitrogen and oxygen atoms in total. The third kappa shape index (κ3) is 4.13. The number of nitrogens with one attached hydrogen (secondary N) is 1. The Kier molecular flexibility index (Phi) is 4.88. The van der Waals surface area contributed by atoms with Gasteiger partial charge in [0.1, 0.15) is 0 Å². The van der Waals surface area contributed by atoms with Crippen molar-refractivity contribution < 1.29 is 18.3 Å². The number of carboxylic acids is 1. The Morgan fingerprint density at radius 3 is 2.83 bits per heavy atom. The minimum Gasteiger partial charge on any atom is -0.481 e. The van der Waals surface area contributed by atoms with Crippen molar-refractivity contribution in [2.24, 2.45) is 0 Å². The van der Waals surface area contributed by atoms with E-state index >= 15 is 0 Å². The van der Waals surface area contributed by atoms with Crippen LogP contribution >= 0.6 is 11.6 Å². The SMILES string of the molecule is CN(CCC(=O)O)S(=O)(=O)Nc1ncccc1Cl. The number of carboxylic acid groups (broad SMARTS) is 1. The zero-order chi connectivity index (χ0) is 13.8. The van der Waals surface area contributed by atoms with Crippen LogP contribution in [-0.4, -0.2) is 42.4 Å². The third-order valence-corrected chi connectivity index (χ3v) is 3.79. The molecule has 0 spiro atoms. The van der Waals surface area contributed by atoms with Crippen molar-refractivity contribution in [3.8, 4) is 0 Å². The van der Waals surface area contributed by atoms with E-state index in [9.17, 15) is 13.2 Å². The van der Waals surface area contributed by atoms with Crippen molar-refractivity contribution in [1.82, 2.24) is 9.29 Å². The number of carbonyl (C=O) groups is 1. The van der Waals surface area contributed by atoms with Crippen molar-refractivity contribution in [3.05, 3.63) is 23.4 Å². The fourth-order valence-corrected chi connectivity index (χ4v) is 2.15. The highest BCUT2D eigenvalue weighted by Gasteiger charge is 2.19. The largest absolute Gasteiger partial charge is 0.481 e. The molecule has 1 rings (SSSR count). The van der Waals surface area contributed by atoms with Crippen LogP contribution in [0.25, 0.3) is 0 Å². The molecule has 2 N–H and O–H groups in total. The molecule has 0 bridgehead atoms. The van der Waals surface area contributed by atoms with Gasteiger partial charge in [-0.2, -0.15) is 12.7 Å². The number of hydrogen-bond acceptors (Lipinski definition) is 4. The monoisotopic (exact) mass is 293 g/mol. The van der Waals surface area contributed by atoms with Crippen LogP contribution in [0.5, 0.6) is 0 Å². The quantitative estimate of drug-likeness (QED) is 0.808. The lowest BCUT2D eigenvalue weighted by molar-refractivity contribution is -0.137. The number of aromatic nitrogens is 1. The smallest absolute Gasteiger partial charge is 0.304 e. The molecule has 0 aromatic carbocycles. The Morgan fingerprint density at radius 2 is 2.28 bits per heavy atom. The Bertz CT molecular complexity index is 534. The second-order valence-electron chi connectivity index (χ2n) is 3.41. The minimum absolute atomic E-state index is 0.00124. The second-order valence-corrected chi connectivity index (χ2v) is 5.59. The summed E-state index contributed by atoms with van der Waals surface area (Å²) in [5.41, 5.74) is 0. The lowest BCUT2D eigenvalue weighted by Crippen LogP contribution is -2.34. The lowest BCUT2D eigenvalue weighted by atomic mass is 10.4. The average molecular weight is 294 g/mol. The van der Waals surface area contributed by atoms with E-state index in [1.807, 2.05) is 0 Å². The summed E-state index contributed by atoms with van der Waals surface area (Å²) in [6.07, 6.45) is 1.11. The molecule has 18 heavy (non-hydrogen) atoms. The van der Waals surface area contributed by atoms with Gasteiger partial charge in [0.05, 0.1) is 11.4 Å². The zero-order valence-corrected chi connectivity index (χ0v) is 11.1. The van der Waals surface area contributed by atoms with Gasteiger partial charge in [-0.1, -0.05) is 11.6 Å². The molecule has 0 saturated heterocycles. The molecule has 0 aliphatic rings. The minimum atomic E-state index is -3.86. The highest BCUT2D eigenvalue weighted by Crippen LogP contribution is 2.19. The Balaban J connectivity index is 2.76. The molecule has 1 aromatic rings. The van der Waals surface area contributed by atoms with Crippen LogP contribution in [0, 0.1) is 0 Å². The molecular formula is C9H12ClN3O4S. The second kappa shape index (κ2) is 5.98. The summed E-state index contributed by atoms with van der Waals surface area (Å²) in [5, 5.41) is 8.65. The van der Waals surface area contributed by atoms with Gasteiger partial charge in [-0.05, 0) is 12.1 Å². The summed E-state index contributed by atoms with van der Waals surface area (Å²) in [5.74, 6) is -1.07. The summed E-state index contributed by atoms with van der Waals surface area (Å²) in [6.45, 7) is -0.144. The molecular weight excluding hydrogens is 282 g/mol. The van der Waals surface area contributed by atoms with Crippen molar-refractivity contribution in [2.75, 3.05) is 18.3 Å². The molecule has 0 saturated carbocycles. The van der Waals surface area contributed by atoms with Gasteiger partial charge in [-0.3, -0.25) is 9.52 Å². The van der Waals surface area contributed by atoms with E-state index in [2.05, 4.69) is 9.71 Å². The van der Waals surface area contributed by atoms with Gasteiger partial charge in [-0.25, -0.2) is 4.98 Å². The molecule has 100 valence electrons. The number of anilines is 1. The van der Waals surface area contributed by atoms with Gasteiger partial charge in [0.15, 0.2) is 5.82 Å². The van der Waals surface area contributed by atoms with Gasteiger partial charge >= 0.3 is 16.2 Å². The fraction of sp³-hybridized carbons (Fsp3) is 0.333. The zero-order valence-electron chi connectivity index (χ0n) is 9.50. The van der Waals surface area contributed by atoms with Crippen LogP contribution in [0.4, 0.5) is 5.82 Å². The Morgan fingerprint density at radius 1 is 1.61 bits per heavy atom. The maximum absolute atomic E-state index is 11.8. The summed E-state index contributed by atoms with van der Waals surface area (Å²) < 4.78 is 26.6. The average Bonchev–Trinajstić information content (AvgIpc) is 2.28. The van der Waals surface area contributed by atoms with Gasteiger partial charge in [0, 0.05) is 19.8 Å². The number of nitrogens with zero attached hydrogens (tertiary/aromatic N) is 2. The van der Waals surface area contributed by atoms with Gasteiger partial charge in [0.2, 0.25) is 0 Å². The third-order valence-electron chi connectivity index (χ3n) is 2.04. The molecule has 1 heterocycles. The van der Waals surface area contributed by atoms with E-state index in [-0.39, 0.29) is 23.8 Å². The molecule has 9 heteroatoms. The van der Waals surface area contributed by atoms with Gasteiger partial charge in [0.25, 0.3) is 0 Å². The first-order chi connectivity index (χ1) is 8.33. The number of rotatable bonds is 6. The summed E-state index contributed by atoms with van der Waals surface area (Å²) in [7, 11) is -2.59. The van der Waals surface area contributed by atoms with E-state index in [1.165, 1.54) is 19.3 Å². The topological polar surface area (TPSA) is 99.6 Å². The molecule has 0 unspecified atom stereocenters. The Labute approximate surface area is 110 Å². The van der Waals surface area contributed by atoms with Crippen LogP contribution in [0.2, 0.25) is 5.02 Å². The van der Waals surface area contributed by atoms with Crippen LogP contribution in [-0.2, 0) is 15.0 Å². The van der Waals surface area contributed by atoms with Crippen molar-refractivity contribution >= 4 is 33.6 Å². The number of aliphatic carboxylic acids is 1. The van der Waals surface area contributed by atoms with E-state index in [1.54, 1.807) is 6.07 Å². The number of pyridine rings is 1. The van der Waals surface area contributed by atoms with Crippen LogP contribution < -0.4 is 4.72 Å². The molecule has 0 aliphatic carbocycles. The first-order valence-electron chi connectivity index (χ1n) is 4.89. The van der Waals surface area contributed by atoms with Crippen molar-refractivity contribution in [1.29, 1.82) is 0 Å². The highest BCUT2D eigenvalue weighted by atomic mass is 35.5. The van der Waals surface area contributed by atoms with E-state index in [0.29, 0.717) is 0 Å². The molecule has 0 atom stereocenters. The summed E-state index contributed by atoms with van der Waals surface area (Å²) in [4.78, 5) is 14.1. The van der Waals surface area contributed by atoms with Crippen LogP contribution in [0.15, 0.2) is 18.3 Å². The highest BCUT2D eigenvalue weighted by molar-refractivity contribution is 7.90. The predicted octanol–water partition coefficient (Wildman–Crippen LogP) is 0.798.